The fourth-order valence-corrected chi connectivity index (χ4v) is 3.08. The molecule has 1 aliphatic rings. The zero-order valence-corrected chi connectivity index (χ0v) is 16.2. The molecule has 0 unspecified atom stereocenters. The molecule has 3 aromatic rings. The molecule has 1 aliphatic heterocycles. The topological polar surface area (TPSA) is 98.6 Å². The van der Waals surface area contributed by atoms with E-state index in [2.05, 4.69) is 15.4 Å². The Bertz CT molecular complexity index is 968. The number of benzene rings is 1. The fraction of sp³-hybridized carbons (Fsp3) is 0.238. The Balaban J connectivity index is 1.25. The maximum absolute atomic E-state index is 12.4. The number of piperidine rings is 1. The number of aromatic nitrogens is 3. The number of hydrogen-bond donors (Lipinski definition) is 1. The number of ether oxygens (including phenoxy) is 1. The molecule has 2 amide bonds. The van der Waals surface area contributed by atoms with Crippen LogP contribution in [0, 0.1) is 0 Å². The Hall–Kier alpha value is -3.88. The fourth-order valence-electron chi connectivity index (χ4n) is 3.08. The van der Waals surface area contributed by atoms with Gasteiger partial charge in [-0.15, -0.1) is 9.94 Å². The summed E-state index contributed by atoms with van der Waals surface area (Å²) < 4.78 is 5.34. The molecule has 9 nitrogen and oxygen atoms in total. The highest BCUT2D eigenvalue weighted by Gasteiger charge is 2.26. The van der Waals surface area contributed by atoms with E-state index in [1.54, 1.807) is 59.8 Å². The molecule has 0 spiro atoms. The minimum absolute atomic E-state index is 0.000385. The van der Waals surface area contributed by atoms with Crippen molar-refractivity contribution >= 4 is 17.7 Å². The second-order valence-electron chi connectivity index (χ2n) is 6.77. The number of anilines is 1. The molecule has 1 aromatic carbocycles. The molecular weight excluding hydrogens is 386 g/mol. The average Bonchev–Trinajstić information content (AvgIpc) is 3.29. The molecule has 0 atom stereocenters. The van der Waals surface area contributed by atoms with Gasteiger partial charge in [0, 0.05) is 37.6 Å². The van der Waals surface area contributed by atoms with E-state index in [1.165, 1.54) is 11.0 Å². The molecule has 154 valence electrons. The zero-order valence-electron chi connectivity index (χ0n) is 16.2. The summed E-state index contributed by atoms with van der Waals surface area (Å²) in [5, 5.41) is 6.77. The molecule has 0 radical (unpaired) electrons. The molecule has 1 N–H and O–H groups in total. The van der Waals surface area contributed by atoms with Crippen molar-refractivity contribution < 1.29 is 19.2 Å². The molecule has 2 aromatic heterocycles. The van der Waals surface area contributed by atoms with E-state index in [1.807, 2.05) is 6.07 Å². The van der Waals surface area contributed by atoms with Gasteiger partial charge in [-0.05, 0) is 24.3 Å². The molecular formula is C21H21N5O4. The van der Waals surface area contributed by atoms with Crippen LogP contribution >= 0.6 is 0 Å². The van der Waals surface area contributed by atoms with Crippen molar-refractivity contribution in [2.45, 2.75) is 18.9 Å². The lowest BCUT2D eigenvalue weighted by Gasteiger charge is -2.30. The van der Waals surface area contributed by atoms with Crippen molar-refractivity contribution in [2.75, 3.05) is 18.4 Å². The van der Waals surface area contributed by atoms with Gasteiger partial charge in [0.1, 0.15) is 6.10 Å². The van der Waals surface area contributed by atoms with Gasteiger partial charge in [0.25, 0.3) is 5.91 Å². The van der Waals surface area contributed by atoms with Gasteiger partial charge >= 0.3 is 6.09 Å². The molecule has 0 aliphatic carbocycles. The number of likely N-dealkylation sites (tertiary alicyclic amines) is 1. The number of hydrogen-bond acceptors (Lipinski definition) is 6. The van der Waals surface area contributed by atoms with Crippen LogP contribution in [0.1, 0.15) is 23.2 Å². The third kappa shape index (κ3) is 4.93. The third-order valence-corrected chi connectivity index (χ3v) is 4.66. The Kier molecular flexibility index (Phi) is 5.88. The van der Waals surface area contributed by atoms with Gasteiger partial charge in [0.15, 0.2) is 0 Å². The third-order valence-electron chi connectivity index (χ3n) is 4.66. The maximum atomic E-state index is 12.4. The van der Waals surface area contributed by atoms with Gasteiger partial charge in [-0.3, -0.25) is 4.79 Å². The van der Waals surface area contributed by atoms with Gasteiger partial charge in [0.2, 0.25) is 5.88 Å². The first kappa shape index (κ1) is 19.4. The second-order valence-corrected chi connectivity index (χ2v) is 6.77. The Morgan fingerprint density at radius 1 is 1.03 bits per heavy atom. The van der Waals surface area contributed by atoms with E-state index in [4.69, 9.17) is 9.57 Å². The van der Waals surface area contributed by atoms with Gasteiger partial charge in [0.05, 0.1) is 24.3 Å². The van der Waals surface area contributed by atoms with Crippen LogP contribution < -0.4 is 14.9 Å². The molecule has 0 bridgehead atoms. The number of carbonyl (C=O) groups excluding carboxylic acids is 2. The summed E-state index contributed by atoms with van der Waals surface area (Å²) >= 11 is 0. The maximum Gasteiger partial charge on any atom is 0.416 e. The minimum atomic E-state index is -0.457. The lowest BCUT2D eigenvalue weighted by atomic mass is 10.1. The van der Waals surface area contributed by atoms with E-state index in [0.29, 0.717) is 37.2 Å². The Labute approximate surface area is 173 Å². The number of rotatable bonds is 5. The summed E-state index contributed by atoms with van der Waals surface area (Å²) in [6.45, 7) is 1.05. The van der Waals surface area contributed by atoms with Crippen LogP contribution in [0.2, 0.25) is 0 Å². The van der Waals surface area contributed by atoms with Crippen molar-refractivity contribution in [1.29, 1.82) is 0 Å². The predicted octanol–water partition coefficient (Wildman–Crippen LogP) is 2.62. The number of nitrogens with zero attached hydrogens (tertiary/aromatic N) is 4. The lowest BCUT2D eigenvalue weighted by molar-refractivity contribution is -0.0163. The smallest absolute Gasteiger partial charge is 0.393 e. The molecule has 1 saturated heterocycles. The number of amides is 2. The summed E-state index contributed by atoms with van der Waals surface area (Å²) in [4.78, 5) is 37.4. The normalized spacial score (nSPS) is 14.2. The van der Waals surface area contributed by atoms with Crippen molar-refractivity contribution in [3.63, 3.8) is 0 Å². The van der Waals surface area contributed by atoms with Gasteiger partial charge < -0.3 is 19.8 Å². The summed E-state index contributed by atoms with van der Waals surface area (Å²) in [5.74, 6) is -0.0602. The van der Waals surface area contributed by atoms with Crippen molar-refractivity contribution in [2.24, 2.45) is 0 Å². The molecule has 3 heterocycles. The summed E-state index contributed by atoms with van der Waals surface area (Å²) in [6, 6.07) is 13.9. The highest BCUT2D eigenvalue weighted by molar-refractivity contribution is 6.04. The summed E-state index contributed by atoms with van der Waals surface area (Å²) in [7, 11) is 0. The van der Waals surface area contributed by atoms with Gasteiger partial charge in [-0.25, -0.2) is 9.78 Å². The van der Waals surface area contributed by atoms with Gasteiger partial charge in [-0.1, -0.05) is 18.2 Å². The van der Waals surface area contributed by atoms with E-state index in [0.717, 1.165) is 0 Å². The van der Waals surface area contributed by atoms with Crippen LogP contribution in [0.15, 0.2) is 67.1 Å². The molecule has 1 fully saturated rings. The van der Waals surface area contributed by atoms with Crippen LogP contribution in [0.25, 0.3) is 0 Å². The number of carbonyl (C=O) groups is 2. The molecule has 4 rings (SSSR count). The van der Waals surface area contributed by atoms with E-state index >= 15 is 0 Å². The zero-order chi connectivity index (χ0) is 20.8. The van der Waals surface area contributed by atoms with Gasteiger partial charge in [-0.2, -0.15) is 0 Å². The first-order chi connectivity index (χ1) is 14.7. The van der Waals surface area contributed by atoms with Crippen molar-refractivity contribution in [3.05, 3.63) is 72.7 Å². The van der Waals surface area contributed by atoms with Crippen molar-refractivity contribution in [1.82, 2.24) is 19.8 Å². The number of nitrogens with one attached hydrogen (secondary N) is 1. The van der Waals surface area contributed by atoms with Crippen LogP contribution in [0.3, 0.4) is 0 Å². The standard InChI is InChI=1S/C21H21N5O4/c27-20(16-5-2-1-3-6-16)24-17-7-8-19(22-15-17)29-21(28)25-13-9-18(10-14-25)30-26-12-4-11-23-26/h1-8,11-12,15,18H,9-10,13-14H2,(H,24,27). The number of pyridine rings is 1. The lowest BCUT2D eigenvalue weighted by Crippen LogP contribution is -2.44. The molecule has 0 saturated carbocycles. The van der Waals surface area contributed by atoms with E-state index in [-0.39, 0.29) is 17.9 Å². The summed E-state index contributed by atoms with van der Waals surface area (Å²) in [5.41, 5.74) is 1.06. The largest absolute Gasteiger partial charge is 0.416 e. The average molecular weight is 407 g/mol. The van der Waals surface area contributed by atoms with Crippen LogP contribution in [-0.4, -0.2) is 51.0 Å². The minimum Gasteiger partial charge on any atom is -0.393 e. The van der Waals surface area contributed by atoms with Crippen molar-refractivity contribution in [3.8, 4) is 5.88 Å². The second kappa shape index (κ2) is 9.08. The van der Waals surface area contributed by atoms with E-state index in [9.17, 15) is 9.59 Å². The highest BCUT2D eigenvalue weighted by atomic mass is 16.7. The molecule has 30 heavy (non-hydrogen) atoms. The van der Waals surface area contributed by atoms with E-state index < -0.39 is 6.09 Å². The van der Waals surface area contributed by atoms with Crippen LogP contribution in [0.5, 0.6) is 5.88 Å². The predicted molar refractivity (Wildman–Crippen MR) is 108 cm³/mol. The first-order valence-corrected chi connectivity index (χ1v) is 9.63. The Morgan fingerprint density at radius 2 is 1.83 bits per heavy atom. The first-order valence-electron chi connectivity index (χ1n) is 9.63. The quantitative estimate of drug-likeness (QED) is 0.698. The molecule has 9 heteroatoms. The SMILES string of the molecule is O=C(Nc1ccc(OC(=O)N2CCC(On3cccn3)CC2)nc1)c1ccccc1. The summed E-state index contributed by atoms with van der Waals surface area (Å²) in [6.07, 6.45) is 5.75. The highest BCUT2D eigenvalue weighted by Crippen LogP contribution is 2.16. The van der Waals surface area contributed by atoms with Crippen LogP contribution in [0.4, 0.5) is 10.5 Å². The Morgan fingerprint density at radius 3 is 2.50 bits per heavy atom. The van der Waals surface area contributed by atoms with Crippen LogP contribution in [-0.2, 0) is 0 Å². The monoisotopic (exact) mass is 407 g/mol.